The average molecular weight is 250 g/mol. The average Bonchev–Trinajstić information content (AvgIpc) is 2.93. The van der Waals surface area contributed by atoms with Crippen molar-refractivity contribution in [1.29, 1.82) is 0 Å². The van der Waals surface area contributed by atoms with E-state index in [1.807, 2.05) is 24.3 Å². The highest BCUT2D eigenvalue weighted by atomic mass is 16.5. The van der Waals surface area contributed by atoms with Crippen molar-refractivity contribution in [2.45, 2.75) is 12.5 Å². The topological polar surface area (TPSA) is 65.7 Å². The summed E-state index contributed by atoms with van der Waals surface area (Å²) < 4.78 is 16.0. The van der Waals surface area contributed by atoms with Gasteiger partial charge in [-0.05, 0) is 23.8 Å². The molecule has 0 spiro atoms. The van der Waals surface area contributed by atoms with Gasteiger partial charge in [-0.25, -0.2) is 5.43 Å². The van der Waals surface area contributed by atoms with E-state index in [0.717, 1.165) is 17.7 Å². The van der Waals surface area contributed by atoms with Crippen LogP contribution in [0.3, 0.4) is 0 Å². The molecule has 1 aromatic rings. The van der Waals surface area contributed by atoms with Crippen LogP contribution < -0.4 is 20.7 Å². The van der Waals surface area contributed by atoms with Crippen LogP contribution in [-0.4, -0.2) is 20.8 Å². The molecule has 0 radical (unpaired) electrons. The van der Waals surface area contributed by atoms with Gasteiger partial charge < -0.3 is 14.2 Å². The Morgan fingerprint density at radius 2 is 2.06 bits per heavy atom. The molecule has 1 heterocycles. The number of hydrazine groups is 1. The van der Waals surface area contributed by atoms with E-state index in [1.165, 1.54) is 0 Å². The molecule has 1 atom stereocenters. The van der Waals surface area contributed by atoms with Crippen molar-refractivity contribution in [3.05, 3.63) is 35.6 Å². The number of methoxy groups -OCH3 is 2. The van der Waals surface area contributed by atoms with Crippen molar-refractivity contribution < 1.29 is 14.2 Å². The summed E-state index contributed by atoms with van der Waals surface area (Å²) >= 11 is 0. The zero-order valence-corrected chi connectivity index (χ0v) is 10.6. The second kappa shape index (κ2) is 5.75. The molecular weight excluding hydrogens is 232 g/mol. The van der Waals surface area contributed by atoms with Crippen LogP contribution in [-0.2, 0) is 4.74 Å². The van der Waals surface area contributed by atoms with Gasteiger partial charge in [0.15, 0.2) is 11.5 Å². The highest BCUT2D eigenvalue weighted by Gasteiger charge is 2.20. The lowest BCUT2D eigenvalue weighted by Gasteiger charge is -2.19. The van der Waals surface area contributed by atoms with Gasteiger partial charge in [-0.1, -0.05) is 6.07 Å². The van der Waals surface area contributed by atoms with E-state index >= 15 is 0 Å². The fraction of sp³-hybridized carbons (Fsp3) is 0.385. The van der Waals surface area contributed by atoms with Crippen molar-refractivity contribution in [3.63, 3.8) is 0 Å². The minimum absolute atomic E-state index is 0.160. The molecule has 5 heteroatoms. The van der Waals surface area contributed by atoms with Crippen LogP contribution in [0.25, 0.3) is 0 Å². The van der Waals surface area contributed by atoms with Gasteiger partial charge in [0.25, 0.3) is 0 Å². The van der Waals surface area contributed by atoms with Crippen molar-refractivity contribution in [2.75, 3.05) is 20.8 Å². The molecule has 18 heavy (non-hydrogen) atoms. The number of rotatable bonds is 5. The van der Waals surface area contributed by atoms with Crippen LogP contribution >= 0.6 is 0 Å². The Balaban J connectivity index is 2.30. The van der Waals surface area contributed by atoms with E-state index in [9.17, 15) is 0 Å². The number of hydrogen-bond donors (Lipinski definition) is 2. The van der Waals surface area contributed by atoms with E-state index < -0.39 is 0 Å². The summed E-state index contributed by atoms with van der Waals surface area (Å²) in [5.74, 6) is 7.82. The quantitative estimate of drug-likeness (QED) is 0.612. The van der Waals surface area contributed by atoms with Crippen molar-refractivity contribution in [1.82, 2.24) is 5.43 Å². The first-order chi connectivity index (χ1) is 8.80. The predicted molar refractivity (Wildman–Crippen MR) is 68.3 cm³/mol. The Hall–Kier alpha value is -1.72. The maximum absolute atomic E-state index is 5.60. The number of ether oxygens (including phenoxy) is 3. The van der Waals surface area contributed by atoms with Gasteiger partial charge in [-0.3, -0.25) is 5.84 Å². The molecule has 98 valence electrons. The van der Waals surface area contributed by atoms with E-state index in [4.69, 9.17) is 20.1 Å². The van der Waals surface area contributed by atoms with Crippen molar-refractivity contribution in [3.8, 4) is 11.5 Å². The maximum atomic E-state index is 5.60. The van der Waals surface area contributed by atoms with Crippen LogP contribution in [0.4, 0.5) is 0 Å². The van der Waals surface area contributed by atoms with Gasteiger partial charge in [0.2, 0.25) is 0 Å². The molecule has 0 fully saturated rings. The van der Waals surface area contributed by atoms with Crippen LogP contribution in [0.2, 0.25) is 0 Å². The first kappa shape index (κ1) is 12.7. The molecule has 5 nitrogen and oxygen atoms in total. The standard InChI is InChI=1S/C13H18N2O3/c1-16-10-6-5-9(8-12(10)17-2)13(15-14)11-4-3-7-18-11/h4-6,8,13,15H,3,7,14H2,1-2H3. The number of benzene rings is 1. The van der Waals surface area contributed by atoms with Crippen LogP contribution in [0.5, 0.6) is 11.5 Å². The summed E-state index contributed by atoms with van der Waals surface area (Å²) in [6.45, 7) is 0.709. The second-order valence-electron chi connectivity index (χ2n) is 3.96. The normalized spacial score (nSPS) is 15.8. The lowest BCUT2D eigenvalue weighted by Crippen LogP contribution is -2.29. The fourth-order valence-corrected chi connectivity index (χ4v) is 2.01. The molecule has 1 aliphatic heterocycles. The second-order valence-corrected chi connectivity index (χ2v) is 3.96. The summed E-state index contributed by atoms with van der Waals surface area (Å²) in [4.78, 5) is 0. The van der Waals surface area contributed by atoms with Crippen molar-refractivity contribution >= 4 is 0 Å². The molecule has 1 unspecified atom stereocenters. The Bertz CT molecular complexity index is 446. The number of nitrogens with two attached hydrogens (primary N) is 1. The molecular formula is C13H18N2O3. The smallest absolute Gasteiger partial charge is 0.161 e. The molecule has 0 aliphatic carbocycles. The molecule has 0 aromatic heterocycles. The molecule has 2 rings (SSSR count). The third kappa shape index (κ3) is 2.42. The Morgan fingerprint density at radius 1 is 1.28 bits per heavy atom. The first-order valence-electron chi connectivity index (χ1n) is 5.81. The fourth-order valence-electron chi connectivity index (χ4n) is 2.01. The number of hydrogen-bond acceptors (Lipinski definition) is 5. The van der Waals surface area contributed by atoms with Gasteiger partial charge >= 0.3 is 0 Å². The summed E-state index contributed by atoms with van der Waals surface area (Å²) in [5, 5.41) is 0. The Labute approximate surface area is 106 Å². The summed E-state index contributed by atoms with van der Waals surface area (Å²) in [7, 11) is 3.22. The lowest BCUT2D eigenvalue weighted by molar-refractivity contribution is 0.215. The number of nitrogens with one attached hydrogen (secondary N) is 1. The van der Waals surface area contributed by atoms with Crippen LogP contribution in [0.15, 0.2) is 30.0 Å². The molecule has 1 aromatic carbocycles. The predicted octanol–water partition coefficient (Wildman–Crippen LogP) is 1.51. The molecule has 0 saturated heterocycles. The van der Waals surface area contributed by atoms with Gasteiger partial charge in [0, 0.05) is 6.42 Å². The molecule has 0 amide bonds. The first-order valence-corrected chi connectivity index (χ1v) is 5.81. The third-order valence-electron chi connectivity index (χ3n) is 2.92. The lowest BCUT2D eigenvalue weighted by atomic mass is 10.0. The molecule has 3 N–H and O–H groups in total. The van der Waals surface area contributed by atoms with Crippen LogP contribution in [0.1, 0.15) is 18.0 Å². The summed E-state index contributed by atoms with van der Waals surface area (Å²) in [6.07, 6.45) is 2.96. The van der Waals surface area contributed by atoms with Gasteiger partial charge in [-0.2, -0.15) is 0 Å². The largest absolute Gasteiger partial charge is 0.496 e. The Kier molecular flexibility index (Phi) is 4.07. The molecule has 1 aliphatic rings. The maximum Gasteiger partial charge on any atom is 0.161 e. The monoisotopic (exact) mass is 250 g/mol. The summed E-state index contributed by atoms with van der Waals surface area (Å²) in [6, 6.07) is 5.53. The van der Waals surface area contributed by atoms with Gasteiger partial charge in [0.1, 0.15) is 11.8 Å². The van der Waals surface area contributed by atoms with Gasteiger partial charge in [-0.15, -0.1) is 0 Å². The SMILES string of the molecule is COc1ccc(C(NN)C2=CCCO2)cc1OC. The zero-order valence-electron chi connectivity index (χ0n) is 10.6. The zero-order chi connectivity index (χ0) is 13.0. The molecule has 0 bridgehead atoms. The third-order valence-corrected chi connectivity index (χ3v) is 2.92. The van der Waals surface area contributed by atoms with E-state index in [-0.39, 0.29) is 6.04 Å². The highest BCUT2D eigenvalue weighted by molar-refractivity contribution is 5.45. The minimum Gasteiger partial charge on any atom is -0.496 e. The summed E-state index contributed by atoms with van der Waals surface area (Å²) in [5.41, 5.74) is 3.73. The van der Waals surface area contributed by atoms with E-state index in [0.29, 0.717) is 18.1 Å². The van der Waals surface area contributed by atoms with Crippen molar-refractivity contribution in [2.24, 2.45) is 5.84 Å². The van der Waals surface area contributed by atoms with E-state index in [2.05, 4.69) is 5.43 Å². The van der Waals surface area contributed by atoms with Crippen LogP contribution in [0, 0.1) is 0 Å². The van der Waals surface area contributed by atoms with Gasteiger partial charge in [0.05, 0.1) is 20.8 Å². The molecule has 0 saturated carbocycles. The minimum atomic E-state index is -0.160. The van der Waals surface area contributed by atoms with E-state index in [1.54, 1.807) is 14.2 Å². The Morgan fingerprint density at radius 3 is 2.61 bits per heavy atom. The highest BCUT2D eigenvalue weighted by Crippen LogP contribution is 2.33.